The summed E-state index contributed by atoms with van der Waals surface area (Å²) in [5.41, 5.74) is 1.19. The number of hydrogen-bond acceptors (Lipinski definition) is 4. The van der Waals surface area contributed by atoms with Crippen molar-refractivity contribution in [1.29, 1.82) is 5.26 Å². The first-order valence-electron chi connectivity index (χ1n) is 5.90. The molecule has 1 aromatic carbocycles. The number of rotatable bonds is 4. The maximum atomic E-state index is 13.5. The second-order valence-electron chi connectivity index (χ2n) is 3.86. The van der Waals surface area contributed by atoms with Crippen molar-refractivity contribution >= 4 is 17.2 Å². The minimum absolute atomic E-state index is 0.00399. The van der Waals surface area contributed by atoms with Crippen molar-refractivity contribution in [2.75, 3.05) is 17.2 Å². The molecule has 19 heavy (non-hydrogen) atoms. The van der Waals surface area contributed by atoms with E-state index in [4.69, 9.17) is 5.26 Å². The summed E-state index contributed by atoms with van der Waals surface area (Å²) >= 11 is 0. The second-order valence-corrected chi connectivity index (χ2v) is 3.86. The summed E-state index contributed by atoms with van der Waals surface area (Å²) in [6.07, 6.45) is 1.64. The number of nitrogens with one attached hydrogen (secondary N) is 2. The van der Waals surface area contributed by atoms with Crippen molar-refractivity contribution in [3.63, 3.8) is 0 Å². The van der Waals surface area contributed by atoms with Crippen molar-refractivity contribution in [2.24, 2.45) is 0 Å². The van der Waals surface area contributed by atoms with E-state index in [1.807, 2.05) is 13.0 Å². The summed E-state index contributed by atoms with van der Waals surface area (Å²) in [6, 6.07) is 9.90. The van der Waals surface area contributed by atoms with Crippen LogP contribution in [0.4, 0.5) is 21.6 Å². The van der Waals surface area contributed by atoms with Crippen molar-refractivity contribution in [3.8, 4) is 6.07 Å². The number of hydrogen-bond donors (Lipinski definition) is 2. The van der Waals surface area contributed by atoms with Crippen molar-refractivity contribution in [2.45, 2.75) is 6.92 Å². The molecule has 0 saturated heterocycles. The third-order valence-corrected chi connectivity index (χ3v) is 2.52. The number of nitriles is 1. The van der Waals surface area contributed by atoms with E-state index in [2.05, 4.69) is 15.6 Å². The van der Waals surface area contributed by atoms with Crippen LogP contribution in [-0.2, 0) is 0 Å². The Hall–Kier alpha value is -2.61. The van der Waals surface area contributed by atoms with Gasteiger partial charge >= 0.3 is 0 Å². The average Bonchev–Trinajstić information content (AvgIpc) is 2.40. The highest BCUT2D eigenvalue weighted by Crippen LogP contribution is 2.23. The number of halogens is 1. The Labute approximate surface area is 110 Å². The highest BCUT2D eigenvalue weighted by atomic mass is 19.1. The number of benzene rings is 1. The molecule has 0 aliphatic rings. The number of pyridine rings is 1. The monoisotopic (exact) mass is 256 g/mol. The van der Waals surface area contributed by atoms with Gasteiger partial charge in [-0.05, 0) is 25.1 Å². The zero-order chi connectivity index (χ0) is 13.7. The zero-order valence-electron chi connectivity index (χ0n) is 10.4. The van der Waals surface area contributed by atoms with Crippen LogP contribution in [0.3, 0.4) is 0 Å². The summed E-state index contributed by atoms with van der Waals surface area (Å²) in [5.74, 6) is 0.191. The van der Waals surface area contributed by atoms with Crippen molar-refractivity contribution < 1.29 is 4.39 Å². The van der Waals surface area contributed by atoms with Gasteiger partial charge in [0.2, 0.25) is 0 Å². The molecule has 0 unspecified atom stereocenters. The topological polar surface area (TPSA) is 60.7 Å². The minimum atomic E-state index is -0.534. The minimum Gasteiger partial charge on any atom is -0.370 e. The van der Waals surface area contributed by atoms with Crippen LogP contribution in [0.5, 0.6) is 0 Å². The molecule has 0 bridgehead atoms. The first-order valence-corrected chi connectivity index (χ1v) is 5.90. The summed E-state index contributed by atoms with van der Waals surface area (Å²) in [5, 5.41) is 15.1. The molecule has 0 aliphatic heterocycles. The van der Waals surface area contributed by atoms with Gasteiger partial charge in [-0.2, -0.15) is 5.26 Å². The molecule has 0 amide bonds. The van der Waals surface area contributed by atoms with Gasteiger partial charge < -0.3 is 10.6 Å². The van der Waals surface area contributed by atoms with Crippen LogP contribution in [0.1, 0.15) is 12.5 Å². The molecule has 0 aliphatic carbocycles. The Morgan fingerprint density at radius 1 is 1.37 bits per heavy atom. The van der Waals surface area contributed by atoms with Gasteiger partial charge in [-0.15, -0.1) is 0 Å². The maximum Gasteiger partial charge on any atom is 0.143 e. The zero-order valence-corrected chi connectivity index (χ0v) is 10.4. The highest BCUT2D eigenvalue weighted by Gasteiger charge is 2.07. The highest BCUT2D eigenvalue weighted by molar-refractivity contribution is 5.68. The Morgan fingerprint density at radius 2 is 2.21 bits per heavy atom. The molecule has 0 spiro atoms. The number of anilines is 3. The van der Waals surface area contributed by atoms with Crippen LogP contribution in [0.25, 0.3) is 0 Å². The molecular weight excluding hydrogens is 243 g/mol. The van der Waals surface area contributed by atoms with Gasteiger partial charge in [-0.25, -0.2) is 9.37 Å². The number of aromatic nitrogens is 1. The summed E-state index contributed by atoms with van der Waals surface area (Å²) in [7, 11) is 0. The quantitative estimate of drug-likeness (QED) is 0.881. The summed E-state index contributed by atoms with van der Waals surface area (Å²) in [6.45, 7) is 2.74. The lowest BCUT2D eigenvalue weighted by atomic mass is 10.2. The van der Waals surface area contributed by atoms with Gasteiger partial charge in [-0.3, -0.25) is 0 Å². The predicted molar refractivity (Wildman–Crippen MR) is 72.8 cm³/mol. The lowest BCUT2D eigenvalue weighted by molar-refractivity contribution is 0.624. The van der Waals surface area contributed by atoms with Crippen LogP contribution in [-0.4, -0.2) is 11.5 Å². The van der Waals surface area contributed by atoms with E-state index in [9.17, 15) is 4.39 Å². The molecule has 4 nitrogen and oxygen atoms in total. The third kappa shape index (κ3) is 2.99. The Bertz CT molecular complexity index is 619. The fourth-order valence-electron chi connectivity index (χ4n) is 1.68. The van der Waals surface area contributed by atoms with Gasteiger partial charge in [0.05, 0.1) is 5.69 Å². The first kappa shape index (κ1) is 12.8. The van der Waals surface area contributed by atoms with E-state index in [-0.39, 0.29) is 5.56 Å². The molecular formula is C14H13FN4. The Morgan fingerprint density at radius 3 is 2.95 bits per heavy atom. The molecule has 0 radical (unpaired) electrons. The Kier molecular flexibility index (Phi) is 3.94. The van der Waals surface area contributed by atoms with Crippen LogP contribution in [0, 0.1) is 17.1 Å². The van der Waals surface area contributed by atoms with Crippen molar-refractivity contribution in [3.05, 3.63) is 47.9 Å². The van der Waals surface area contributed by atoms with Crippen LogP contribution in [0.15, 0.2) is 36.5 Å². The van der Waals surface area contributed by atoms with Gasteiger partial charge in [-0.1, -0.05) is 6.07 Å². The molecule has 96 valence electrons. The fraction of sp³-hybridized carbons (Fsp3) is 0.143. The van der Waals surface area contributed by atoms with Crippen LogP contribution in [0.2, 0.25) is 0 Å². The molecule has 1 aromatic heterocycles. The molecule has 0 fully saturated rings. The van der Waals surface area contributed by atoms with Crippen LogP contribution >= 0.6 is 0 Å². The smallest absolute Gasteiger partial charge is 0.143 e. The summed E-state index contributed by atoms with van der Waals surface area (Å²) < 4.78 is 13.5. The van der Waals surface area contributed by atoms with E-state index in [1.165, 1.54) is 6.07 Å². The predicted octanol–water partition coefficient (Wildman–Crippen LogP) is 3.27. The first-order chi connectivity index (χ1) is 9.24. The van der Waals surface area contributed by atoms with Gasteiger partial charge in [0, 0.05) is 24.5 Å². The van der Waals surface area contributed by atoms with E-state index >= 15 is 0 Å². The molecule has 0 atom stereocenters. The van der Waals surface area contributed by atoms with Crippen LogP contribution < -0.4 is 10.6 Å². The van der Waals surface area contributed by atoms with E-state index in [0.29, 0.717) is 5.69 Å². The standard InChI is InChI=1S/C14H13FN4/c1-2-17-14-8-10(6-7-18-14)19-13-5-3-4-12(15)11(13)9-16/h3-8H,2H2,1H3,(H2,17,18,19). The SMILES string of the molecule is CCNc1cc(Nc2cccc(F)c2C#N)ccn1. The van der Waals surface area contributed by atoms with E-state index in [0.717, 1.165) is 18.1 Å². The molecule has 0 saturated carbocycles. The van der Waals surface area contributed by atoms with Gasteiger partial charge in [0.25, 0.3) is 0 Å². The average molecular weight is 256 g/mol. The largest absolute Gasteiger partial charge is 0.370 e. The van der Waals surface area contributed by atoms with Gasteiger partial charge in [0.15, 0.2) is 0 Å². The number of nitrogens with zero attached hydrogens (tertiary/aromatic N) is 2. The van der Waals surface area contributed by atoms with Crippen molar-refractivity contribution in [1.82, 2.24) is 4.98 Å². The lowest BCUT2D eigenvalue weighted by Crippen LogP contribution is -2.01. The maximum absolute atomic E-state index is 13.5. The molecule has 1 heterocycles. The molecule has 2 N–H and O–H groups in total. The molecule has 2 rings (SSSR count). The van der Waals surface area contributed by atoms with E-state index < -0.39 is 5.82 Å². The summed E-state index contributed by atoms with van der Waals surface area (Å²) in [4.78, 5) is 4.14. The van der Waals surface area contributed by atoms with Gasteiger partial charge in [0.1, 0.15) is 23.3 Å². The molecule has 2 aromatic rings. The second kappa shape index (κ2) is 5.83. The molecule has 5 heteroatoms. The lowest BCUT2D eigenvalue weighted by Gasteiger charge is -2.10. The normalized spacial score (nSPS) is 9.74. The Balaban J connectivity index is 2.29. The third-order valence-electron chi connectivity index (χ3n) is 2.52. The fourth-order valence-corrected chi connectivity index (χ4v) is 1.68. The van der Waals surface area contributed by atoms with E-state index in [1.54, 1.807) is 30.5 Å².